The van der Waals surface area contributed by atoms with Crippen LogP contribution in [0.15, 0.2) is 22.7 Å². The first-order valence-electron chi connectivity index (χ1n) is 8.41. The zero-order chi connectivity index (χ0) is 18.0. The fourth-order valence-corrected chi connectivity index (χ4v) is 3.49. The van der Waals surface area contributed by atoms with Crippen molar-refractivity contribution in [1.82, 2.24) is 15.5 Å². The number of halogens is 1. The lowest BCUT2D eigenvalue weighted by Crippen LogP contribution is -2.27. The predicted octanol–water partition coefficient (Wildman–Crippen LogP) is 3.95. The number of hydrogen-bond donors (Lipinski definition) is 2. The van der Waals surface area contributed by atoms with Gasteiger partial charge in [-0.3, -0.25) is 9.89 Å². The van der Waals surface area contributed by atoms with E-state index in [9.17, 15) is 4.79 Å². The number of fused-ring (bicyclic) bond motifs is 1. The molecule has 3 rings (SSSR count). The molecule has 25 heavy (non-hydrogen) atoms. The number of rotatable bonds is 4. The fourth-order valence-electron chi connectivity index (χ4n) is 2.67. The first-order chi connectivity index (χ1) is 12.0. The number of carbonyl (C=O) groups excluding carboxylic acids is 1. The van der Waals surface area contributed by atoms with Gasteiger partial charge in [-0.15, -0.1) is 0 Å². The molecule has 6 nitrogen and oxygen atoms in total. The maximum atomic E-state index is 12.5. The van der Waals surface area contributed by atoms with Gasteiger partial charge in [0.25, 0.3) is 5.91 Å². The van der Waals surface area contributed by atoms with E-state index in [1.54, 1.807) is 0 Å². The van der Waals surface area contributed by atoms with Crippen molar-refractivity contribution >= 4 is 21.8 Å². The molecule has 0 saturated heterocycles. The van der Waals surface area contributed by atoms with Gasteiger partial charge in [-0.25, -0.2) is 0 Å². The minimum Gasteiger partial charge on any atom is -0.490 e. The SMILES string of the molecule is CC(C)c1[nH]nc(C(=O)NC(C)c2ccc3c(c2)OCCCO3)c1Br. The Hall–Kier alpha value is -2.02. The summed E-state index contributed by atoms with van der Waals surface area (Å²) in [5.74, 6) is 1.49. The molecule has 1 aliphatic rings. The van der Waals surface area contributed by atoms with E-state index in [0.29, 0.717) is 23.4 Å². The summed E-state index contributed by atoms with van der Waals surface area (Å²) in [5.41, 5.74) is 2.23. The van der Waals surface area contributed by atoms with Gasteiger partial charge in [-0.2, -0.15) is 5.10 Å². The van der Waals surface area contributed by atoms with Gasteiger partial charge in [0.1, 0.15) is 0 Å². The largest absolute Gasteiger partial charge is 0.490 e. The molecule has 0 bridgehead atoms. The van der Waals surface area contributed by atoms with Gasteiger partial charge in [-0.1, -0.05) is 19.9 Å². The van der Waals surface area contributed by atoms with Crippen molar-refractivity contribution in [3.8, 4) is 11.5 Å². The van der Waals surface area contributed by atoms with E-state index in [1.807, 2.05) is 39.0 Å². The molecule has 0 fully saturated rings. The lowest BCUT2D eigenvalue weighted by atomic mass is 10.1. The molecule has 1 aromatic carbocycles. The molecule has 2 aromatic rings. The van der Waals surface area contributed by atoms with E-state index in [1.165, 1.54) is 0 Å². The van der Waals surface area contributed by atoms with E-state index >= 15 is 0 Å². The van der Waals surface area contributed by atoms with Gasteiger partial charge in [-0.05, 0) is 46.5 Å². The lowest BCUT2D eigenvalue weighted by molar-refractivity contribution is 0.0934. The van der Waals surface area contributed by atoms with E-state index in [-0.39, 0.29) is 17.9 Å². The molecule has 1 aliphatic heterocycles. The third-order valence-electron chi connectivity index (χ3n) is 4.14. The minimum absolute atomic E-state index is 0.184. The van der Waals surface area contributed by atoms with Crippen molar-refractivity contribution in [1.29, 1.82) is 0 Å². The second kappa shape index (κ2) is 7.47. The van der Waals surface area contributed by atoms with Gasteiger partial charge in [0.05, 0.1) is 29.4 Å². The van der Waals surface area contributed by atoms with Crippen LogP contribution in [0.5, 0.6) is 11.5 Å². The Bertz CT molecular complexity index is 773. The van der Waals surface area contributed by atoms with Crippen molar-refractivity contribution in [2.75, 3.05) is 13.2 Å². The molecular weight excluding hydrogens is 386 g/mol. The average Bonchev–Trinajstić information content (AvgIpc) is 2.82. The topological polar surface area (TPSA) is 76.2 Å². The van der Waals surface area contributed by atoms with Crippen LogP contribution >= 0.6 is 15.9 Å². The number of carbonyl (C=O) groups is 1. The highest BCUT2D eigenvalue weighted by molar-refractivity contribution is 9.10. The second-order valence-corrected chi connectivity index (χ2v) is 7.20. The van der Waals surface area contributed by atoms with E-state index in [4.69, 9.17) is 9.47 Å². The molecule has 1 aromatic heterocycles. The van der Waals surface area contributed by atoms with Crippen LogP contribution in [-0.2, 0) is 0 Å². The van der Waals surface area contributed by atoms with Crippen molar-refractivity contribution in [3.05, 3.63) is 39.6 Å². The van der Waals surface area contributed by atoms with Crippen LogP contribution in [-0.4, -0.2) is 29.3 Å². The Morgan fingerprint density at radius 2 is 1.96 bits per heavy atom. The van der Waals surface area contributed by atoms with Crippen LogP contribution in [0.25, 0.3) is 0 Å². The number of benzene rings is 1. The molecule has 2 N–H and O–H groups in total. The van der Waals surface area contributed by atoms with Crippen molar-refractivity contribution < 1.29 is 14.3 Å². The lowest BCUT2D eigenvalue weighted by Gasteiger charge is -2.16. The van der Waals surface area contributed by atoms with Crippen LogP contribution in [0.1, 0.15) is 60.9 Å². The third-order valence-corrected chi connectivity index (χ3v) is 4.95. The number of nitrogens with zero attached hydrogens (tertiary/aromatic N) is 1. The normalized spacial score (nSPS) is 14.9. The quantitative estimate of drug-likeness (QED) is 0.804. The molecule has 1 amide bonds. The smallest absolute Gasteiger partial charge is 0.273 e. The van der Waals surface area contributed by atoms with E-state index in [2.05, 4.69) is 31.4 Å². The summed E-state index contributed by atoms with van der Waals surface area (Å²) in [4.78, 5) is 12.5. The van der Waals surface area contributed by atoms with Gasteiger partial charge in [0.2, 0.25) is 0 Å². The molecule has 0 aliphatic carbocycles. The second-order valence-electron chi connectivity index (χ2n) is 6.41. The number of aromatic nitrogens is 2. The highest BCUT2D eigenvalue weighted by atomic mass is 79.9. The van der Waals surface area contributed by atoms with Crippen LogP contribution in [0.3, 0.4) is 0 Å². The monoisotopic (exact) mass is 407 g/mol. The Morgan fingerprint density at radius 1 is 1.24 bits per heavy atom. The molecule has 1 unspecified atom stereocenters. The number of ether oxygens (including phenoxy) is 2. The summed E-state index contributed by atoms with van der Waals surface area (Å²) in [6.45, 7) is 7.31. The van der Waals surface area contributed by atoms with Crippen molar-refractivity contribution in [2.45, 2.75) is 39.2 Å². The zero-order valence-corrected chi connectivity index (χ0v) is 16.1. The molecule has 0 spiro atoms. The van der Waals surface area contributed by atoms with Gasteiger partial charge >= 0.3 is 0 Å². The summed E-state index contributed by atoms with van der Waals surface area (Å²) in [6.07, 6.45) is 0.863. The highest BCUT2D eigenvalue weighted by Crippen LogP contribution is 2.32. The summed E-state index contributed by atoms with van der Waals surface area (Å²) in [5, 5.41) is 10.0. The molecule has 2 heterocycles. The van der Waals surface area contributed by atoms with Crippen molar-refractivity contribution in [2.24, 2.45) is 0 Å². The number of hydrogen-bond acceptors (Lipinski definition) is 4. The van der Waals surface area contributed by atoms with Crippen LogP contribution < -0.4 is 14.8 Å². The number of aromatic amines is 1. The summed E-state index contributed by atoms with van der Waals surface area (Å²) in [7, 11) is 0. The Balaban J connectivity index is 1.75. The summed E-state index contributed by atoms with van der Waals surface area (Å²) in [6, 6.07) is 5.57. The van der Waals surface area contributed by atoms with E-state index < -0.39 is 0 Å². The first-order valence-corrected chi connectivity index (χ1v) is 9.21. The first kappa shape index (κ1) is 17.8. The Kier molecular flexibility index (Phi) is 5.32. The minimum atomic E-state index is -0.227. The average molecular weight is 408 g/mol. The highest BCUT2D eigenvalue weighted by Gasteiger charge is 2.21. The molecule has 0 radical (unpaired) electrons. The summed E-state index contributed by atoms with van der Waals surface area (Å²) >= 11 is 3.47. The maximum absolute atomic E-state index is 12.5. The molecule has 1 atom stereocenters. The Morgan fingerprint density at radius 3 is 2.64 bits per heavy atom. The van der Waals surface area contributed by atoms with E-state index in [0.717, 1.165) is 29.2 Å². The van der Waals surface area contributed by atoms with Crippen molar-refractivity contribution in [3.63, 3.8) is 0 Å². The molecule has 7 heteroatoms. The molecular formula is C18H22BrN3O3. The molecule has 134 valence electrons. The van der Waals surface area contributed by atoms with Crippen LogP contribution in [0.4, 0.5) is 0 Å². The standard InChI is InChI=1S/C18H22BrN3O3/c1-10(2)16-15(19)17(22-21-16)18(23)20-11(3)12-5-6-13-14(9-12)25-8-4-7-24-13/h5-6,9-11H,4,7-8H2,1-3H3,(H,20,23)(H,21,22). The zero-order valence-electron chi connectivity index (χ0n) is 14.6. The van der Waals surface area contributed by atoms with Crippen LogP contribution in [0.2, 0.25) is 0 Å². The Labute approximate surface area is 155 Å². The maximum Gasteiger partial charge on any atom is 0.273 e. The van der Waals surface area contributed by atoms with Gasteiger partial charge < -0.3 is 14.8 Å². The summed E-state index contributed by atoms with van der Waals surface area (Å²) < 4.78 is 12.1. The van der Waals surface area contributed by atoms with Gasteiger partial charge in [0, 0.05) is 6.42 Å². The number of amides is 1. The molecule has 0 saturated carbocycles. The van der Waals surface area contributed by atoms with Gasteiger partial charge in [0.15, 0.2) is 17.2 Å². The van der Waals surface area contributed by atoms with Crippen LogP contribution in [0, 0.1) is 0 Å². The predicted molar refractivity (Wildman–Crippen MR) is 98.3 cm³/mol. The number of nitrogens with one attached hydrogen (secondary N) is 2. The number of H-pyrrole nitrogens is 1. The fraction of sp³-hybridized carbons (Fsp3) is 0.444. The third kappa shape index (κ3) is 3.81.